The molecule has 0 aliphatic carbocycles. The lowest BCUT2D eigenvalue weighted by Crippen LogP contribution is -2.10. The van der Waals surface area contributed by atoms with E-state index in [1.54, 1.807) is 24.0 Å². The zero-order valence-electron chi connectivity index (χ0n) is 11.2. The number of nitro groups is 1. The molecule has 3 rings (SSSR count). The second-order valence-corrected chi connectivity index (χ2v) is 5.85. The number of hydrogen-bond acceptors (Lipinski definition) is 6. The molecular formula is C13H15ClN4O2S. The highest BCUT2D eigenvalue weighted by Crippen LogP contribution is 2.24. The maximum Gasteiger partial charge on any atom is 0.271 e. The van der Waals surface area contributed by atoms with Gasteiger partial charge in [0.15, 0.2) is 0 Å². The van der Waals surface area contributed by atoms with Crippen LogP contribution in [0, 0.1) is 16.0 Å². The number of benzene rings is 1. The molecule has 1 aromatic heterocycles. The Balaban J connectivity index is 0.00000161. The van der Waals surface area contributed by atoms with Crippen molar-refractivity contribution in [3.63, 3.8) is 0 Å². The summed E-state index contributed by atoms with van der Waals surface area (Å²) in [5, 5.41) is 14.9. The van der Waals surface area contributed by atoms with Crippen LogP contribution in [0.15, 0.2) is 29.4 Å². The van der Waals surface area contributed by atoms with Crippen LogP contribution in [0.3, 0.4) is 0 Å². The van der Waals surface area contributed by atoms with Crippen molar-refractivity contribution in [2.75, 3.05) is 18.8 Å². The van der Waals surface area contributed by atoms with E-state index in [0.717, 1.165) is 23.9 Å². The Morgan fingerprint density at radius 1 is 1.43 bits per heavy atom. The Morgan fingerprint density at radius 3 is 3.00 bits per heavy atom. The van der Waals surface area contributed by atoms with E-state index in [0.29, 0.717) is 17.0 Å². The van der Waals surface area contributed by atoms with Gasteiger partial charge in [0, 0.05) is 17.9 Å². The largest absolute Gasteiger partial charge is 0.316 e. The lowest BCUT2D eigenvalue weighted by Gasteiger charge is -2.07. The lowest BCUT2D eigenvalue weighted by molar-refractivity contribution is -0.384. The third-order valence-corrected chi connectivity index (χ3v) is 4.47. The highest BCUT2D eigenvalue weighted by atomic mass is 35.5. The molecule has 1 aliphatic heterocycles. The minimum Gasteiger partial charge on any atom is -0.316 e. The van der Waals surface area contributed by atoms with Gasteiger partial charge in [-0.05, 0) is 31.5 Å². The van der Waals surface area contributed by atoms with Crippen molar-refractivity contribution in [2.45, 2.75) is 11.4 Å². The van der Waals surface area contributed by atoms with E-state index in [4.69, 9.17) is 0 Å². The molecule has 0 spiro atoms. The summed E-state index contributed by atoms with van der Waals surface area (Å²) in [5.41, 5.74) is 1.31. The monoisotopic (exact) mass is 326 g/mol. The fourth-order valence-electron chi connectivity index (χ4n) is 2.23. The van der Waals surface area contributed by atoms with Gasteiger partial charge in [0.05, 0.1) is 22.2 Å². The summed E-state index contributed by atoms with van der Waals surface area (Å²) in [6, 6.07) is 4.58. The quantitative estimate of drug-likeness (QED) is 0.528. The Hall–Kier alpha value is -1.44. The number of hydrogen-bond donors (Lipinski definition) is 1. The van der Waals surface area contributed by atoms with Crippen LogP contribution >= 0.6 is 24.2 Å². The smallest absolute Gasteiger partial charge is 0.271 e. The fraction of sp³-hybridized carbons (Fsp3) is 0.385. The molecule has 1 aromatic carbocycles. The number of nitrogens with zero attached hydrogens (tertiary/aromatic N) is 3. The van der Waals surface area contributed by atoms with Crippen LogP contribution in [0.25, 0.3) is 11.0 Å². The summed E-state index contributed by atoms with van der Waals surface area (Å²) < 4.78 is 0. The average molecular weight is 327 g/mol. The molecular weight excluding hydrogens is 312 g/mol. The van der Waals surface area contributed by atoms with E-state index < -0.39 is 4.92 Å². The van der Waals surface area contributed by atoms with E-state index in [9.17, 15) is 10.1 Å². The van der Waals surface area contributed by atoms with Crippen LogP contribution < -0.4 is 5.32 Å². The van der Waals surface area contributed by atoms with Crippen LogP contribution in [0.1, 0.15) is 6.42 Å². The van der Waals surface area contributed by atoms with E-state index in [-0.39, 0.29) is 18.1 Å². The summed E-state index contributed by atoms with van der Waals surface area (Å²) in [6.07, 6.45) is 2.90. The number of nitro benzene ring substituents is 1. The van der Waals surface area contributed by atoms with Gasteiger partial charge in [0.2, 0.25) is 0 Å². The summed E-state index contributed by atoms with van der Waals surface area (Å²) in [6.45, 7) is 2.17. The number of aromatic nitrogens is 2. The third-order valence-electron chi connectivity index (χ3n) is 3.34. The third kappa shape index (κ3) is 3.81. The zero-order valence-corrected chi connectivity index (χ0v) is 12.8. The van der Waals surface area contributed by atoms with Gasteiger partial charge < -0.3 is 5.32 Å². The van der Waals surface area contributed by atoms with Crippen molar-refractivity contribution in [1.29, 1.82) is 0 Å². The molecule has 1 N–H and O–H groups in total. The molecule has 1 unspecified atom stereocenters. The molecule has 1 saturated heterocycles. The van der Waals surface area contributed by atoms with Gasteiger partial charge in [0.1, 0.15) is 5.03 Å². The second-order valence-electron chi connectivity index (χ2n) is 4.81. The number of halogens is 1. The summed E-state index contributed by atoms with van der Waals surface area (Å²) in [5.74, 6) is 1.72. The first kappa shape index (κ1) is 15.9. The maximum absolute atomic E-state index is 10.7. The van der Waals surface area contributed by atoms with Crippen LogP contribution in [0.4, 0.5) is 5.69 Å². The molecule has 21 heavy (non-hydrogen) atoms. The van der Waals surface area contributed by atoms with Gasteiger partial charge >= 0.3 is 0 Å². The van der Waals surface area contributed by atoms with Gasteiger partial charge in [-0.25, -0.2) is 4.98 Å². The summed E-state index contributed by atoms with van der Waals surface area (Å²) in [7, 11) is 0. The molecule has 0 bridgehead atoms. The molecule has 1 fully saturated rings. The van der Waals surface area contributed by atoms with E-state index in [2.05, 4.69) is 15.3 Å². The minimum atomic E-state index is -0.420. The molecule has 8 heteroatoms. The van der Waals surface area contributed by atoms with Crippen molar-refractivity contribution in [3.05, 3.63) is 34.5 Å². The molecule has 112 valence electrons. The minimum absolute atomic E-state index is 0. The number of nitrogens with one attached hydrogen (secondary N) is 1. The molecule has 2 aromatic rings. The van der Waals surface area contributed by atoms with Crippen molar-refractivity contribution in [1.82, 2.24) is 15.3 Å². The maximum atomic E-state index is 10.7. The van der Waals surface area contributed by atoms with E-state index in [1.807, 2.05) is 0 Å². The van der Waals surface area contributed by atoms with E-state index in [1.165, 1.54) is 18.6 Å². The average Bonchev–Trinajstić information content (AvgIpc) is 2.97. The molecule has 2 heterocycles. The Bertz CT molecular complexity index is 649. The van der Waals surface area contributed by atoms with Crippen LogP contribution in [-0.2, 0) is 0 Å². The van der Waals surface area contributed by atoms with Crippen molar-refractivity contribution in [2.24, 2.45) is 5.92 Å². The Morgan fingerprint density at radius 2 is 2.29 bits per heavy atom. The normalized spacial score (nSPS) is 17.6. The molecule has 0 radical (unpaired) electrons. The molecule has 0 saturated carbocycles. The van der Waals surface area contributed by atoms with Crippen LogP contribution in [0.2, 0.25) is 0 Å². The second kappa shape index (κ2) is 7.02. The zero-order chi connectivity index (χ0) is 13.9. The number of rotatable bonds is 4. The van der Waals surface area contributed by atoms with Gasteiger partial charge in [-0.15, -0.1) is 24.2 Å². The molecule has 1 aliphatic rings. The highest BCUT2D eigenvalue weighted by Gasteiger charge is 2.15. The first-order valence-electron chi connectivity index (χ1n) is 6.47. The number of non-ortho nitro benzene ring substituents is 1. The van der Waals surface area contributed by atoms with Gasteiger partial charge in [-0.1, -0.05) is 0 Å². The topological polar surface area (TPSA) is 81.0 Å². The molecule has 0 amide bonds. The Labute approximate surface area is 132 Å². The molecule has 6 nitrogen and oxygen atoms in total. The standard InChI is InChI=1S/C13H14N4O2S.ClH/c18-17(19)10-1-2-11-12(5-10)15-7-13(16-11)20-8-9-3-4-14-6-9;/h1-2,5,7,9,14H,3-4,6,8H2;1H. The van der Waals surface area contributed by atoms with Crippen molar-refractivity contribution in [3.8, 4) is 0 Å². The molecule has 1 atom stereocenters. The number of fused-ring (bicyclic) bond motifs is 1. The van der Waals surface area contributed by atoms with Crippen molar-refractivity contribution >= 4 is 40.9 Å². The predicted octanol–water partition coefficient (Wildman–Crippen LogP) is 2.66. The van der Waals surface area contributed by atoms with Gasteiger partial charge in [0.25, 0.3) is 5.69 Å². The Kier molecular flexibility index (Phi) is 5.33. The van der Waals surface area contributed by atoms with Gasteiger partial charge in [-0.2, -0.15) is 0 Å². The lowest BCUT2D eigenvalue weighted by atomic mass is 10.2. The van der Waals surface area contributed by atoms with Crippen molar-refractivity contribution < 1.29 is 4.92 Å². The van der Waals surface area contributed by atoms with E-state index >= 15 is 0 Å². The predicted molar refractivity (Wildman–Crippen MR) is 85.1 cm³/mol. The van der Waals surface area contributed by atoms with Gasteiger partial charge in [-0.3, -0.25) is 15.1 Å². The SMILES string of the molecule is Cl.O=[N+]([O-])c1ccc2nc(SCC3CCNC3)cnc2c1. The van der Waals surface area contributed by atoms with Crippen LogP contribution in [0.5, 0.6) is 0 Å². The van der Waals surface area contributed by atoms with Crippen LogP contribution in [-0.4, -0.2) is 33.7 Å². The fourth-order valence-corrected chi connectivity index (χ4v) is 3.21. The first-order chi connectivity index (χ1) is 9.72. The highest BCUT2D eigenvalue weighted by molar-refractivity contribution is 7.99. The number of thioether (sulfide) groups is 1. The summed E-state index contributed by atoms with van der Waals surface area (Å²) >= 11 is 1.70. The summed E-state index contributed by atoms with van der Waals surface area (Å²) in [4.78, 5) is 19.0. The first-order valence-corrected chi connectivity index (χ1v) is 7.45.